The van der Waals surface area contributed by atoms with Crippen molar-refractivity contribution in [2.45, 2.75) is 37.8 Å². The first-order valence-electron chi connectivity index (χ1n) is 14.7. The second-order valence-corrected chi connectivity index (χ2v) is 13.3. The third kappa shape index (κ3) is 8.46. The van der Waals surface area contributed by atoms with E-state index in [0.717, 1.165) is 21.0 Å². The highest BCUT2D eigenvalue weighted by atomic mass is 79.9. The molecule has 46 heavy (non-hydrogen) atoms. The Labute approximate surface area is 279 Å². The number of methoxy groups -OCH3 is 2. The fourth-order valence-electron chi connectivity index (χ4n) is 4.99. The van der Waals surface area contributed by atoms with Gasteiger partial charge in [-0.3, -0.25) is 13.9 Å². The van der Waals surface area contributed by atoms with E-state index in [-0.39, 0.29) is 23.8 Å². The molecule has 0 aliphatic heterocycles. The molecule has 0 unspecified atom stereocenters. The van der Waals surface area contributed by atoms with Crippen LogP contribution >= 0.6 is 15.9 Å². The van der Waals surface area contributed by atoms with Gasteiger partial charge in [0, 0.05) is 19.5 Å². The van der Waals surface area contributed by atoms with Gasteiger partial charge in [0.1, 0.15) is 24.1 Å². The van der Waals surface area contributed by atoms with Crippen molar-refractivity contribution < 1.29 is 27.5 Å². The number of sulfonamides is 1. The van der Waals surface area contributed by atoms with Crippen molar-refractivity contribution in [1.29, 1.82) is 0 Å². The van der Waals surface area contributed by atoms with Crippen LogP contribution in [0.1, 0.15) is 23.6 Å². The van der Waals surface area contributed by atoms with Crippen LogP contribution in [0.5, 0.6) is 11.5 Å². The molecule has 4 aromatic carbocycles. The Morgan fingerprint density at radius 1 is 0.870 bits per heavy atom. The van der Waals surface area contributed by atoms with E-state index in [1.54, 1.807) is 55.6 Å². The van der Waals surface area contributed by atoms with Crippen LogP contribution < -0.4 is 19.1 Å². The maximum atomic E-state index is 14.5. The minimum Gasteiger partial charge on any atom is -0.497 e. The average molecular weight is 709 g/mol. The number of amides is 2. The standard InChI is InChI=1S/C35H38BrN3O6S/c1-5-37-35(41)32(21-26-10-7-6-8-11-26)38(23-27-12-9-13-29(20-27)44-3)34(40)24-39(28-16-14-25(2)15-17-28)46(42,43)30-18-19-33(45-4)31(36)22-30/h6-20,22,32H,5,21,23-24H2,1-4H3,(H,37,41)/t32-/m0/s1. The van der Waals surface area contributed by atoms with Crippen LogP contribution in [0.3, 0.4) is 0 Å². The van der Waals surface area contributed by atoms with Crippen LogP contribution in [0, 0.1) is 6.92 Å². The number of aryl methyl sites for hydroxylation is 1. The summed E-state index contributed by atoms with van der Waals surface area (Å²) in [6, 6.07) is 27.0. The number of carbonyl (C=O) groups is 2. The van der Waals surface area contributed by atoms with Gasteiger partial charge in [-0.15, -0.1) is 0 Å². The normalized spacial score (nSPS) is 11.8. The van der Waals surface area contributed by atoms with Gasteiger partial charge in [0.2, 0.25) is 11.8 Å². The molecule has 0 bridgehead atoms. The summed E-state index contributed by atoms with van der Waals surface area (Å²) < 4.78 is 40.8. The Balaban J connectivity index is 1.81. The van der Waals surface area contributed by atoms with Gasteiger partial charge in [-0.25, -0.2) is 8.42 Å². The molecule has 0 fully saturated rings. The van der Waals surface area contributed by atoms with E-state index in [9.17, 15) is 18.0 Å². The molecule has 4 rings (SSSR count). The second kappa shape index (κ2) is 15.8. The Hall–Kier alpha value is -4.35. The highest BCUT2D eigenvalue weighted by molar-refractivity contribution is 9.10. The van der Waals surface area contributed by atoms with Crippen LogP contribution in [-0.4, -0.2) is 58.5 Å². The number of hydrogen-bond acceptors (Lipinski definition) is 6. The van der Waals surface area contributed by atoms with Crippen LogP contribution in [0.4, 0.5) is 5.69 Å². The quantitative estimate of drug-likeness (QED) is 0.179. The zero-order valence-corrected chi connectivity index (χ0v) is 28.7. The number of nitrogens with one attached hydrogen (secondary N) is 1. The lowest BCUT2D eigenvalue weighted by Crippen LogP contribution is -2.53. The zero-order chi connectivity index (χ0) is 33.3. The van der Waals surface area contributed by atoms with Crippen LogP contribution in [-0.2, 0) is 32.6 Å². The number of likely N-dealkylation sites (N-methyl/N-ethyl adjacent to an activating group) is 1. The summed E-state index contributed by atoms with van der Waals surface area (Å²) in [6.07, 6.45) is 0.227. The predicted octanol–water partition coefficient (Wildman–Crippen LogP) is 5.75. The summed E-state index contributed by atoms with van der Waals surface area (Å²) in [5.41, 5.74) is 2.82. The van der Waals surface area contributed by atoms with Crippen molar-refractivity contribution in [3.63, 3.8) is 0 Å². The van der Waals surface area contributed by atoms with Crippen LogP contribution in [0.25, 0.3) is 0 Å². The van der Waals surface area contributed by atoms with Crippen molar-refractivity contribution in [3.05, 3.63) is 118 Å². The van der Waals surface area contributed by atoms with E-state index in [4.69, 9.17) is 9.47 Å². The topological polar surface area (TPSA) is 105 Å². The second-order valence-electron chi connectivity index (χ2n) is 10.6. The molecular weight excluding hydrogens is 670 g/mol. The molecule has 0 saturated heterocycles. The lowest BCUT2D eigenvalue weighted by atomic mass is 10.0. The molecule has 9 nitrogen and oxygen atoms in total. The lowest BCUT2D eigenvalue weighted by Gasteiger charge is -2.34. The molecule has 11 heteroatoms. The summed E-state index contributed by atoms with van der Waals surface area (Å²) in [5.74, 6) is 0.168. The maximum Gasteiger partial charge on any atom is 0.264 e. The van der Waals surface area contributed by atoms with Gasteiger partial charge in [-0.2, -0.15) is 0 Å². The Morgan fingerprint density at radius 2 is 1.57 bits per heavy atom. The van der Waals surface area contributed by atoms with Gasteiger partial charge in [-0.1, -0.05) is 60.2 Å². The van der Waals surface area contributed by atoms with Gasteiger partial charge in [0.15, 0.2) is 0 Å². The van der Waals surface area contributed by atoms with Crippen molar-refractivity contribution in [3.8, 4) is 11.5 Å². The van der Waals surface area contributed by atoms with Crippen LogP contribution in [0.15, 0.2) is 106 Å². The van der Waals surface area contributed by atoms with Crippen molar-refractivity contribution in [1.82, 2.24) is 10.2 Å². The van der Waals surface area contributed by atoms with E-state index < -0.39 is 28.5 Å². The Morgan fingerprint density at radius 3 is 2.20 bits per heavy atom. The summed E-state index contributed by atoms with van der Waals surface area (Å²) >= 11 is 3.38. The largest absolute Gasteiger partial charge is 0.497 e. The number of carbonyl (C=O) groups excluding carboxylic acids is 2. The summed E-state index contributed by atoms with van der Waals surface area (Å²) in [4.78, 5) is 29.6. The minimum absolute atomic E-state index is 0.0301. The predicted molar refractivity (Wildman–Crippen MR) is 183 cm³/mol. The molecule has 0 heterocycles. The molecule has 0 aromatic heterocycles. The minimum atomic E-state index is -4.26. The van der Waals surface area contributed by atoms with Crippen molar-refractivity contribution in [2.75, 3.05) is 31.6 Å². The molecule has 2 amide bonds. The van der Waals surface area contributed by atoms with Gasteiger partial charge in [-0.05, 0) is 83.4 Å². The lowest BCUT2D eigenvalue weighted by molar-refractivity contribution is -0.140. The number of halogens is 1. The molecule has 1 N–H and O–H groups in total. The average Bonchev–Trinajstić information content (AvgIpc) is 3.06. The summed E-state index contributed by atoms with van der Waals surface area (Å²) in [6.45, 7) is 3.56. The van der Waals surface area contributed by atoms with E-state index in [0.29, 0.717) is 28.2 Å². The number of nitrogens with zero attached hydrogens (tertiary/aromatic N) is 2. The van der Waals surface area contributed by atoms with Crippen molar-refractivity contribution in [2.24, 2.45) is 0 Å². The number of hydrogen-bond donors (Lipinski definition) is 1. The molecular formula is C35H38BrN3O6S. The number of ether oxygens (including phenoxy) is 2. The van der Waals surface area contributed by atoms with Gasteiger partial charge < -0.3 is 19.7 Å². The monoisotopic (exact) mass is 707 g/mol. The molecule has 0 aliphatic carbocycles. The molecule has 0 saturated carbocycles. The molecule has 0 radical (unpaired) electrons. The van der Waals surface area contributed by atoms with E-state index in [1.165, 1.54) is 24.1 Å². The molecule has 0 spiro atoms. The van der Waals surface area contributed by atoms with Gasteiger partial charge >= 0.3 is 0 Å². The summed E-state index contributed by atoms with van der Waals surface area (Å²) in [5, 5.41) is 2.87. The van der Waals surface area contributed by atoms with E-state index >= 15 is 0 Å². The van der Waals surface area contributed by atoms with Gasteiger partial charge in [0.05, 0.1) is 29.3 Å². The first kappa shape index (κ1) is 34.5. The smallest absolute Gasteiger partial charge is 0.264 e. The highest BCUT2D eigenvalue weighted by Gasteiger charge is 2.34. The fourth-order valence-corrected chi connectivity index (χ4v) is 7.12. The number of rotatable bonds is 14. The zero-order valence-electron chi connectivity index (χ0n) is 26.3. The molecule has 1 atom stereocenters. The highest BCUT2D eigenvalue weighted by Crippen LogP contribution is 2.31. The number of anilines is 1. The van der Waals surface area contributed by atoms with E-state index in [2.05, 4.69) is 21.2 Å². The fraction of sp³-hybridized carbons (Fsp3) is 0.257. The first-order valence-corrected chi connectivity index (χ1v) is 17.0. The SMILES string of the molecule is CCNC(=O)[C@H](Cc1ccccc1)N(Cc1cccc(OC)c1)C(=O)CN(c1ccc(C)cc1)S(=O)(=O)c1ccc(OC)c(Br)c1. The number of benzene rings is 4. The van der Waals surface area contributed by atoms with E-state index in [1.807, 2.05) is 50.2 Å². The molecule has 242 valence electrons. The third-order valence-electron chi connectivity index (χ3n) is 7.42. The van der Waals surface area contributed by atoms with Crippen molar-refractivity contribution >= 4 is 43.5 Å². The molecule has 0 aliphatic rings. The third-order valence-corrected chi connectivity index (χ3v) is 9.81. The Bertz CT molecular complexity index is 1750. The Kier molecular flexibility index (Phi) is 11.8. The maximum absolute atomic E-state index is 14.5. The first-order chi connectivity index (χ1) is 22.1. The van der Waals surface area contributed by atoms with Gasteiger partial charge in [0.25, 0.3) is 10.0 Å². The molecule has 4 aromatic rings. The summed E-state index contributed by atoms with van der Waals surface area (Å²) in [7, 11) is -1.22. The van der Waals surface area contributed by atoms with Crippen LogP contribution in [0.2, 0.25) is 0 Å².